The molecule has 5 nitrogen and oxygen atoms in total. The Bertz CT molecular complexity index is 1370. The lowest BCUT2D eigenvalue weighted by Gasteiger charge is -2.37. The highest BCUT2D eigenvalue weighted by molar-refractivity contribution is 7.10. The Kier molecular flexibility index (Phi) is 5.72. The van der Waals surface area contributed by atoms with E-state index < -0.39 is 0 Å². The Labute approximate surface area is 197 Å². The van der Waals surface area contributed by atoms with Crippen LogP contribution in [0.1, 0.15) is 38.7 Å². The Balaban J connectivity index is 1.62. The molecule has 0 saturated carbocycles. The van der Waals surface area contributed by atoms with Crippen LogP contribution in [0, 0.1) is 13.8 Å². The number of fused-ring (bicyclic) bond motifs is 2. The summed E-state index contributed by atoms with van der Waals surface area (Å²) >= 11 is 1.75. The fourth-order valence-corrected chi connectivity index (χ4v) is 5.70. The fourth-order valence-electron chi connectivity index (χ4n) is 4.82. The van der Waals surface area contributed by atoms with Gasteiger partial charge in [0.25, 0.3) is 0 Å². The van der Waals surface area contributed by atoms with E-state index in [0.717, 1.165) is 46.5 Å². The second-order valence-electron chi connectivity index (χ2n) is 8.52. The lowest BCUT2D eigenvalue weighted by atomic mass is 9.90. The molecule has 4 aromatic rings. The van der Waals surface area contributed by atoms with Crippen molar-refractivity contribution >= 4 is 22.3 Å². The molecule has 0 bridgehead atoms. The van der Waals surface area contributed by atoms with Gasteiger partial charge in [0.1, 0.15) is 5.58 Å². The Morgan fingerprint density at radius 2 is 1.88 bits per heavy atom. The molecular formula is C27H27NO4S. The number of benzene rings is 2. The molecule has 1 aliphatic rings. The monoisotopic (exact) mass is 461 g/mol. The second-order valence-corrected chi connectivity index (χ2v) is 9.50. The van der Waals surface area contributed by atoms with Crippen molar-refractivity contribution in [3.05, 3.63) is 91.0 Å². The van der Waals surface area contributed by atoms with E-state index in [4.69, 9.17) is 13.9 Å². The quantitative estimate of drug-likeness (QED) is 0.360. The fraction of sp³-hybridized carbons (Fsp3) is 0.296. The summed E-state index contributed by atoms with van der Waals surface area (Å²) in [6, 6.07) is 14.4. The topological polar surface area (TPSA) is 51.9 Å². The lowest BCUT2D eigenvalue weighted by Crippen LogP contribution is -2.35. The zero-order chi connectivity index (χ0) is 23.1. The number of thiophene rings is 1. The van der Waals surface area contributed by atoms with Crippen LogP contribution in [-0.4, -0.2) is 25.7 Å². The molecule has 0 unspecified atom stereocenters. The molecule has 0 aliphatic carbocycles. The molecule has 6 heteroatoms. The first kappa shape index (κ1) is 21.7. The van der Waals surface area contributed by atoms with Gasteiger partial charge in [-0.1, -0.05) is 18.2 Å². The highest BCUT2D eigenvalue weighted by Gasteiger charge is 2.31. The van der Waals surface area contributed by atoms with E-state index in [9.17, 15) is 4.79 Å². The van der Waals surface area contributed by atoms with Gasteiger partial charge in [-0.3, -0.25) is 4.90 Å². The number of rotatable bonds is 5. The molecule has 2 aromatic heterocycles. The Morgan fingerprint density at radius 3 is 2.61 bits per heavy atom. The third-order valence-corrected chi connectivity index (χ3v) is 7.60. The summed E-state index contributed by atoms with van der Waals surface area (Å²) in [7, 11) is 3.34. The van der Waals surface area contributed by atoms with E-state index in [0.29, 0.717) is 12.1 Å². The van der Waals surface area contributed by atoms with Crippen LogP contribution < -0.4 is 15.1 Å². The smallest absolute Gasteiger partial charge is 0.336 e. The number of ether oxygens (including phenoxy) is 2. The SMILES string of the molecule is COc1cc2c(cc1OC)[C@H](c1cccs1)N(Cc1cc(=O)oc3c(C)c(C)ccc13)CC2. The molecule has 170 valence electrons. The molecule has 0 N–H and O–H groups in total. The zero-order valence-corrected chi connectivity index (χ0v) is 20.1. The number of hydrogen-bond acceptors (Lipinski definition) is 6. The summed E-state index contributed by atoms with van der Waals surface area (Å²) in [5.41, 5.74) is 6.01. The first-order valence-electron chi connectivity index (χ1n) is 11.1. The third kappa shape index (κ3) is 3.83. The van der Waals surface area contributed by atoms with Crippen molar-refractivity contribution in [1.82, 2.24) is 4.90 Å². The lowest BCUT2D eigenvalue weighted by molar-refractivity contribution is 0.206. The predicted molar refractivity (Wildman–Crippen MR) is 132 cm³/mol. The summed E-state index contributed by atoms with van der Waals surface area (Å²) in [6.45, 7) is 5.58. The summed E-state index contributed by atoms with van der Waals surface area (Å²) in [6.07, 6.45) is 0.898. The molecule has 0 saturated heterocycles. The minimum atomic E-state index is -0.303. The molecular weight excluding hydrogens is 434 g/mol. The van der Waals surface area contributed by atoms with Crippen molar-refractivity contribution in [2.75, 3.05) is 20.8 Å². The maximum atomic E-state index is 12.5. The molecule has 3 heterocycles. The Hall–Kier alpha value is -3.09. The van der Waals surface area contributed by atoms with Crippen LogP contribution >= 0.6 is 11.3 Å². The average Bonchev–Trinajstić information content (AvgIpc) is 3.35. The first-order valence-corrected chi connectivity index (χ1v) is 11.9. The maximum absolute atomic E-state index is 12.5. The minimum absolute atomic E-state index is 0.0717. The van der Waals surface area contributed by atoms with Gasteiger partial charge < -0.3 is 13.9 Å². The van der Waals surface area contributed by atoms with E-state index in [1.54, 1.807) is 31.6 Å². The van der Waals surface area contributed by atoms with Crippen LogP contribution in [0.3, 0.4) is 0 Å². The third-order valence-electron chi connectivity index (χ3n) is 6.68. The van der Waals surface area contributed by atoms with E-state index in [-0.39, 0.29) is 11.7 Å². The molecule has 0 spiro atoms. The molecule has 0 radical (unpaired) electrons. The van der Waals surface area contributed by atoms with Gasteiger partial charge in [0.2, 0.25) is 0 Å². The van der Waals surface area contributed by atoms with Crippen LogP contribution in [0.2, 0.25) is 0 Å². The van der Waals surface area contributed by atoms with Crippen LogP contribution in [-0.2, 0) is 13.0 Å². The molecule has 2 aromatic carbocycles. The van der Waals surface area contributed by atoms with Crippen LogP contribution in [0.15, 0.2) is 57.1 Å². The largest absolute Gasteiger partial charge is 0.493 e. The minimum Gasteiger partial charge on any atom is -0.493 e. The highest BCUT2D eigenvalue weighted by Crippen LogP contribution is 2.43. The number of aryl methyl sites for hydroxylation is 2. The molecule has 0 amide bonds. The summed E-state index contributed by atoms with van der Waals surface area (Å²) < 4.78 is 16.8. The van der Waals surface area contributed by atoms with Gasteiger partial charge in [-0.15, -0.1) is 11.3 Å². The van der Waals surface area contributed by atoms with Crippen LogP contribution in [0.5, 0.6) is 11.5 Å². The van der Waals surface area contributed by atoms with Crippen LogP contribution in [0.4, 0.5) is 0 Å². The number of nitrogens with zero attached hydrogens (tertiary/aromatic N) is 1. The predicted octanol–water partition coefficient (Wildman–Crippen LogP) is 5.64. The van der Waals surface area contributed by atoms with Gasteiger partial charge in [-0.2, -0.15) is 0 Å². The summed E-state index contributed by atoms with van der Waals surface area (Å²) in [5, 5.41) is 3.11. The van der Waals surface area contributed by atoms with Gasteiger partial charge in [-0.05, 0) is 71.7 Å². The van der Waals surface area contributed by atoms with E-state index in [1.165, 1.54) is 16.0 Å². The van der Waals surface area contributed by atoms with Gasteiger partial charge in [-0.25, -0.2) is 4.79 Å². The summed E-state index contributed by atoms with van der Waals surface area (Å²) in [5.74, 6) is 1.49. The maximum Gasteiger partial charge on any atom is 0.336 e. The highest BCUT2D eigenvalue weighted by atomic mass is 32.1. The van der Waals surface area contributed by atoms with Crippen molar-refractivity contribution in [2.45, 2.75) is 32.9 Å². The summed E-state index contributed by atoms with van der Waals surface area (Å²) in [4.78, 5) is 16.2. The van der Waals surface area contributed by atoms with Gasteiger partial charge in [0, 0.05) is 29.4 Å². The average molecular weight is 462 g/mol. The van der Waals surface area contributed by atoms with Crippen molar-refractivity contribution < 1.29 is 13.9 Å². The van der Waals surface area contributed by atoms with Gasteiger partial charge >= 0.3 is 5.63 Å². The van der Waals surface area contributed by atoms with Crippen molar-refractivity contribution in [3.63, 3.8) is 0 Å². The van der Waals surface area contributed by atoms with Gasteiger partial charge in [0.15, 0.2) is 11.5 Å². The molecule has 5 rings (SSSR count). The molecule has 1 atom stereocenters. The molecule has 33 heavy (non-hydrogen) atoms. The van der Waals surface area contributed by atoms with Gasteiger partial charge in [0.05, 0.1) is 20.3 Å². The Morgan fingerprint density at radius 1 is 1.09 bits per heavy atom. The number of hydrogen-bond donors (Lipinski definition) is 0. The normalized spacial score (nSPS) is 16.1. The van der Waals surface area contributed by atoms with Crippen molar-refractivity contribution in [2.24, 2.45) is 0 Å². The van der Waals surface area contributed by atoms with Crippen LogP contribution in [0.25, 0.3) is 11.0 Å². The molecule has 0 fully saturated rings. The zero-order valence-electron chi connectivity index (χ0n) is 19.3. The number of methoxy groups -OCH3 is 2. The standard InChI is InChI=1S/C27H27NO4S/c1-16-7-8-20-19(13-25(29)32-27(20)17(16)2)15-28-10-9-18-12-22(30-3)23(31-4)14-21(18)26(28)24-6-5-11-33-24/h5-8,11-14,26H,9-10,15H2,1-4H3/t26-/m1/s1. The first-order chi connectivity index (χ1) is 16.0. The van der Waals surface area contributed by atoms with E-state index in [1.807, 2.05) is 13.8 Å². The second kappa shape index (κ2) is 8.69. The van der Waals surface area contributed by atoms with E-state index >= 15 is 0 Å². The van der Waals surface area contributed by atoms with Crippen molar-refractivity contribution in [3.8, 4) is 11.5 Å². The molecule has 1 aliphatic heterocycles. The van der Waals surface area contributed by atoms with E-state index in [2.05, 4.69) is 46.7 Å². The van der Waals surface area contributed by atoms with Crippen molar-refractivity contribution in [1.29, 1.82) is 0 Å².